The number of aromatic amines is 1. The maximum Gasteiger partial charge on any atom is 0.421 e. The van der Waals surface area contributed by atoms with Crippen LogP contribution in [0.1, 0.15) is 16.7 Å². The first-order valence-electron chi connectivity index (χ1n) is 9.90. The lowest BCUT2D eigenvalue weighted by atomic mass is 9.97. The molecule has 11 heteroatoms. The smallest absolute Gasteiger partial charge is 0.421 e. The standard InChI is InChI=1S/C23H17ClF4N4O2/c1-11-3-12(6-20(33)31-15-7-17(23(26,27)28)22(34-2)30-10-15)18(25)8-16(11)14-4-13-5-19(24)32-21(13)29-9-14/h3-5,7-10H,6H2,1-2H3,(H,29,32)(H,31,33). The molecule has 0 spiro atoms. The molecule has 1 amide bonds. The molecule has 3 aromatic heterocycles. The summed E-state index contributed by atoms with van der Waals surface area (Å²) in [6.45, 7) is 1.76. The Morgan fingerprint density at radius 2 is 1.91 bits per heavy atom. The van der Waals surface area contributed by atoms with Crippen molar-refractivity contribution in [3.8, 4) is 17.0 Å². The fourth-order valence-corrected chi connectivity index (χ4v) is 3.79. The molecule has 176 valence electrons. The molecule has 0 aliphatic rings. The number of aromatic nitrogens is 3. The van der Waals surface area contributed by atoms with Gasteiger partial charge in [0, 0.05) is 17.1 Å². The van der Waals surface area contributed by atoms with Crippen LogP contribution in [-0.2, 0) is 17.4 Å². The van der Waals surface area contributed by atoms with Gasteiger partial charge in [0.1, 0.15) is 22.2 Å². The van der Waals surface area contributed by atoms with E-state index in [-0.39, 0.29) is 17.7 Å². The molecule has 0 aliphatic heterocycles. The number of nitrogens with one attached hydrogen (secondary N) is 2. The summed E-state index contributed by atoms with van der Waals surface area (Å²) >= 11 is 5.95. The number of nitrogens with zero attached hydrogens (tertiary/aromatic N) is 2. The van der Waals surface area contributed by atoms with Gasteiger partial charge in [-0.05, 0) is 47.9 Å². The van der Waals surface area contributed by atoms with Crippen molar-refractivity contribution in [3.63, 3.8) is 0 Å². The summed E-state index contributed by atoms with van der Waals surface area (Å²) in [6, 6.07) is 7.05. The molecular formula is C23H17ClF4N4O2. The minimum atomic E-state index is -4.72. The lowest BCUT2D eigenvalue weighted by molar-refractivity contribution is -0.139. The van der Waals surface area contributed by atoms with Crippen LogP contribution in [0, 0.1) is 12.7 Å². The molecular weight excluding hydrogens is 476 g/mol. The van der Waals surface area contributed by atoms with Gasteiger partial charge in [-0.1, -0.05) is 17.7 Å². The van der Waals surface area contributed by atoms with Gasteiger partial charge in [0.2, 0.25) is 11.8 Å². The Kier molecular flexibility index (Phi) is 6.18. The minimum absolute atomic E-state index is 0.0926. The molecule has 0 bridgehead atoms. The first-order valence-corrected chi connectivity index (χ1v) is 10.3. The number of methoxy groups -OCH3 is 1. The van der Waals surface area contributed by atoms with E-state index in [0.717, 1.165) is 18.7 Å². The summed E-state index contributed by atoms with van der Waals surface area (Å²) in [4.78, 5) is 23.2. The Labute approximate surface area is 195 Å². The quantitative estimate of drug-likeness (QED) is 0.338. The molecule has 6 nitrogen and oxygen atoms in total. The summed E-state index contributed by atoms with van der Waals surface area (Å²) in [7, 11) is 1.06. The molecule has 0 saturated heterocycles. The predicted molar refractivity (Wildman–Crippen MR) is 119 cm³/mol. The van der Waals surface area contributed by atoms with Crippen molar-refractivity contribution < 1.29 is 27.1 Å². The fourth-order valence-electron chi connectivity index (χ4n) is 3.58. The van der Waals surface area contributed by atoms with Crippen molar-refractivity contribution in [2.75, 3.05) is 12.4 Å². The van der Waals surface area contributed by atoms with Gasteiger partial charge in [0.15, 0.2) is 0 Å². The predicted octanol–water partition coefficient (Wildman–Crippen LogP) is 5.93. The van der Waals surface area contributed by atoms with Crippen LogP contribution >= 0.6 is 11.6 Å². The molecule has 0 saturated carbocycles. The number of rotatable bonds is 5. The third kappa shape index (κ3) is 4.81. The van der Waals surface area contributed by atoms with E-state index < -0.39 is 29.3 Å². The number of aryl methyl sites for hydroxylation is 1. The first kappa shape index (κ1) is 23.5. The number of hydrogen-bond donors (Lipinski definition) is 2. The zero-order valence-corrected chi connectivity index (χ0v) is 18.6. The summed E-state index contributed by atoms with van der Waals surface area (Å²) in [5, 5.41) is 3.51. The van der Waals surface area contributed by atoms with Crippen LogP contribution in [0.25, 0.3) is 22.2 Å². The Hall–Kier alpha value is -3.66. The zero-order chi connectivity index (χ0) is 24.6. The van der Waals surface area contributed by atoms with Gasteiger partial charge in [0.05, 0.1) is 25.4 Å². The lowest BCUT2D eigenvalue weighted by Crippen LogP contribution is -2.17. The maximum atomic E-state index is 14.8. The molecule has 0 atom stereocenters. The topological polar surface area (TPSA) is 79.9 Å². The summed E-state index contributed by atoms with van der Waals surface area (Å²) in [5.41, 5.74) is 1.32. The van der Waals surface area contributed by atoms with Gasteiger partial charge in [-0.25, -0.2) is 14.4 Å². The highest BCUT2D eigenvalue weighted by Gasteiger charge is 2.35. The monoisotopic (exact) mass is 492 g/mol. The number of benzene rings is 1. The molecule has 2 N–H and O–H groups in total. The molecule has 3 heterocycles. The number of fused-ring (bicyclic) bond motifs is 1. The number of amides is 1. The first-order chi connectivity index (χ1) is 16.0. The van der Waals surface area contributed by atoms with Crippen molar-refractivity contribution in [3.05, 3.63) is 70.4 Å². The number of hydrogen-bond acceptors (Lipinski definition) is 4. The third-order valence-corrected chi connectivity index (χ3v) is 5.33. The molecule has 34 heavy (non-hydrogen) atoms. The number of alkyl halides is 3. The number of carbonyl (C=O) groups excluding carboxylic acids is 1. The van der Waals surface area contributed by atoms with Crippen LogP contribution in [0.2, 0.25) is 5.15 Å². The zero-order valence-electron chi connectivity index (χ0n) is 17.8. The highest BCUT2D eigenvalue weighted by atomic mass is 35.5. The van der Waals surface area contributed by atoms with E-state index in [2.05, 4.69) is 25.0 Å². The maximum absolute atomic E-state index is 14.8. The van der Waals surface area contributed by atoms with Crippen molar-refractivity contribution in [2.45, 2.75) is 19.5 Å². The van der Waals surface area contributed by atoms with Crippen molar-refractivity contribution in [1.29, 1.82) is 0 Å². The van der Waals surface area contributed by atoms with Crippen molar-refractivity contribution in [2.24, 2.45) is 0 Å². The summed E-state index contributed by atoms with van der Waals surface area (Å²) in [5.74, 6) is -1.94. The van der Waals surface area contributed by atoms with E-state index in [9.17, 15) is 22.4 Å². The van der Waals surface area contributed by atoms with Crippen LogP contribution < -0.4 is 10.1 Å². The van der Waals surface area contributed by atoms with E-state index in [1.807, 2.05) is 6.07 Å². The second-order valence-corrected chi connectivity index (χ2v) is 7.95. The Bertz CT molecular complexity index is 1400. The van der Waals surface area contributed by atoms with Crippen LogP contribution in [0.4, 0.5) is 23.2 Å². The van der Waals surface area contributed by atoms with E-state index in [4.69, 9.17) is 11.6 Å². The van der Waals surface area contributed by atoms with E-state index >= 15 is 0 Å². The highest BCUT2D eigenvalue weighted by Crippen LogP contribution is 2.36. The average molecular weight is 493 g/mol. The highest BCUT2D eigenvalue weighted by molar-refractivity contribution is 6.30. The molecule has 0 unspecified atom stereocenters. The Balaban J connectivity index is 1.55. The third-order valence-electron chi connectivity index (χ3n) is 5.13. The number of halogens is 5. The number of anilines is 1. The number of ether oxygens (including phenoxy) is 1. The number of H-pyrrole nitrogens is 1. The second kappa shape index (κ2) is 8.94. The molecule has 0 aliphatic carbocycles. The second-order valence-electron chi connectivity index (χ2n) is 7.54. The minimum Gasteiger partial charge on any atom is -0.481 e. The van der Waals surface area contributed by atoms with E-state index in [1.165, 1.54) is 12.1 Å². The van der Waals surface area contributed by atoms with E-state index in [1.54, 1.807) is 19.2 Å². The van der Waals surface area contributed by atoms with Crippen LogP contribution in [0.3, 0.4) is 0 Å². The van der Waals surface area contributed by atoms with Crippen LogP contribution in [0.15, 0.2) is 42.7 Å². The normalized spacial score (nSPS) is 11.6. The average Bonchev–Trinajstić information content (AvgIpc) is 3.14. The molecule has 0 radical (unpaired) electrons. The number of carbonyl (C=O) groups is 1. The van der Waals surface area contributed by atoms with Crippen LogP contribution in [0.5, 0.6) is 5.88 Å². The van der Waals surface area contributed by atoms with Crippen LogP contribution in [-0.4, -0.2) is 28.0 Å². The molecule has 4 rings (SSSR count). The van der Waals surface area contributed by atoms with Crippen molar-refractivity contribution in [1.82, 2.24) is 15.0 Å². The number of pyridine rings is 2. The van der Waals surface area contributed by atoms with Gasteiger partial charge >= 0.3 is 6.18 Å². The van der Waals surface area contributed by atoms with Gasteiger partial charge in [-0.2, -0.15) is 13.2 Å². The van der Waals surface area contributed by atoms with Gasteiger partial charge in [-0.15, -0.1) is 0 Å². The summed E-state index contributed by atoms with van der Waals surface area (Å²) in [6.07, 6.45) is -2.49. The Morgan fingerprint density at radius 3 is 2.62 bits per heavy atom. The molecule has 1 aromatic carbocycles. The molecule has 4 aromatic rings. The van der Waals surface area contributed by atoms with Crippen molar-refractivity contribution >= 4 is 34.2 Å². The fraction of sp³-hybridized carbons (Fsp3) is 0.174. The van der Waals surface area contributed by atoms with Gasteiger partial charge in [-0.3, -0.25) is 4.79 Å². The summed E-state index contributed by atoms with van der Waals surface area (Å²) < 4.78 is 59.0. The SMILES string of the molecule is COc1ncc(NC(=O)Cc2cc(C)c(-c3cnc4[nH]c(Cl)cc4c3)cc2F)cc1C(F)(F)F. The largest absolute Gasteiger partial charge is 0.481 e. The van der Waals surface area contributed by atoms with Gasteiger partial charge < -0.3 is 15.0 Å². The van der Waals surface area contributed by atoms with E-state index in [0.29, 0.717) is 33.6 Å². The van der Waals surface area contributed by atoms with Gasteiger partial charge in [0.25, 0.3) is 0 Å². The Morgan fingerprint density at radius 1 is 1.15 bits per heavy atom. The lowest BCUT2D eigenvalue weighted by Gasteiger charge is -2.13. The molecule has 0 fully saturated rings.